The molecule has 58 valence electrons. The summed E-state index contributed by atoms with van der Waals surface area (Å²) in [5, 5.41) is 4.03. The smallest absolute Gasteiger partial charge is 0.0895 e. The second-order valence-corrected chi connectivity index (χ2v) is 2.07. The maximum absolute atomic E-state index is 4.89. The maximum atomic E-state index is 4.89. The predicted molar refractivity (Wildman–Crippen MR) is 38.1 cm³/mol. The van der Waals surface area contributed by atoms with Crippen LogP contribution in [-0.4, -0.2) is 39.2 Å². The van der Waals surface area contributed by atoms with Crippen LogP contribution in [0.15, 0.2) is 5.10 Å². The van der Waals surface area contributed by atoms with Crippen molar-refractivity contribution in [3.8, 4) is 0 Å². The minimum absolute atomic E-state index is 0.681. The normalized spacial score (nSPS) is 16.3. The van der Waals surface area contributed by atoms with Crippen LogP contribution in [-0.2, 0) is 9.47 Å². The van der Waals surface area contributed by atoms with Crippen molar-refractivity contribution in [2.24, 2.45) is 5.10 Å². The highest BCUT2D eigenvalue weighted by molar-refractivity contribution is 5.90. The molecule has 0 radical (unpaired) electrons. The molecule has 0 spiro atoms. The van der Waals surface area contributed by atoms with Crippen LogP contribution in [0.25, 0.3) is 0 Å². The Hall–Kier alpha value is -0.610. The third kappa shape index (κ3) is 2.33. The molecule has 0 aromatic heterocycles. The average molecular weight is 144 g/mol. The Morgan fingerprint density at radius 2 is 2.50 bits per heavy atom. The third-order valence-electron chi connectivity index (χ3n) is 1.19. The van der Waals surface area contributed by atoms with Gasteiger partial charge in [-0.15, -0.1) is 0 Å². The van der Waals surface area contributed by atoms with Crippen LogP contribution >= 0.6 is 0 Å². The van der Waals surface area contributed by atoms with Gasteiger partial charge in [0.2, 0.25) is 0 Å². The molecule has 0 amide bonds. The quantitative estimate of drug-likeness (QED) is 0.431. The van der Waals surface area contributed by atoms with E-state index < -0.39 is 0 Å². The Morgan fingerprint density at radius 1 is 1.70 bits per heavy atom. The molecule has 1 aliphatic heterocycles. The molecule has 1 saturated heterocycles. The summed E-state index contributed by atoms with van der Waals surface area (Å²) in [6.07, 6.45) is 0. The van der Waals surface area contributed by atoms with E-state index in [1.807, 2.05) is 0 Å². The zero-order chi connectivity index (χ0) is 7.23. The number of nitrogens with zero attached hydrogens (tertiary/aromatic N) is 1. The van der Waals surface area contributed by atoms with Gasteiger partial charge < -0.3 is 14.9 Å². The predicted octanol–water partition coefficient (Wildman–Crippen LogP) is -0.391. The first-order chi connectivity index (χ1) is 4.93. The van der Waals surface area contributed by atoms with E-state index in [-0.39, 0.29) is 0 Å². The molecule has 4 heteroatoms. The Bertz CT molecular complexity index is 119. The molecule has 0 unspecified atom stereocenters. The first-order valence-corrected chi connectivity index (χ1v) is 3.28. The number of methoxy groups -OCH3 is 1. The monoisotopic (exact) mass is 144 g/mol. The van der Waals surface area contributed by atoms with Crippen LogP contribution in [0.1, 0.15) is 0 Å². The van der Waals surface area contributed by atoms with E-state index in [0.717, 1.165) is 12.3 Å². The van der Waals surface area contributed by atoms with Crippen LogP contribution < -0.4 is 5.43 Å². The van der Waals surface area contributed by atoms with Crippen LogP contribution in [0, 0.1) is 0 Å². The molecule has 0 bridgehead atoms. The first kappa shape index (κ1) is 7.50. The summed E-state index contributed by atoms with van der Waals surface area (Å²) in [6.45, 7) is 2.82. The average Bonchev–Trinajstić information content (AvgIpc) is 1.84. The van der Waals surface area contributed by atoms with E-state index >= 15 is 0 Å². The highest BCUT2D eigenvalue weighted by atomic mass is 16.5. The van der Waals surface area contributed by atoms with Crippen molar-refractivity contribution < 1.29 is 9.47 Å². The fraction of sp³-hybridized carbons (Fsp3) is 0.833. The van der Waals surface area contributed by atoms with E-state index in [1.165, 1.54) is 0 Å². The minimum Gasteiger partial charge on any atom is -0.383 e. The van der Waals surface area contributed by atoms with Gasteiger partial charge in [0.15, 0.2) is 0 Å². The van der Waals surface area contributed by atoms with Gasteiger partial charge in [0.1, 0.15) is 0 Å². The number of nitrogens with one attached hydrogen (secondary N) is 1. The zero-order valence-electron chi connectivity index (χ0n) is 6.09. The van der Waals surface area contributed by atoms with Crippen molar-refractivity contribution in [2.45, 2.75) is 0 Å². The lowest BCUT2D eigenvalue weighted by atomic mass is 10.3. The van der Waals surface area contributed by atoms with Crippen molar-refractivity contribution in [1.82, 2.24) is 5.43 Å². The highest BCUT2D eigenvalue weighted by Crippen LogP contribution is 1.92. The maximum Gasteiger partial charge on any atom is 0.0895 e. The molecular formula is C6H12N2O2. The fourth-order valence-corrected chi connectivity index (χ4v) is 0.573. The summed E-state index contributed by atoms with van der Waals surface area (Å²) >= 11 is 0. The van der Waals surface area contributed by atoms with Gasteiger partial charge in [-0.05, 0) is 0 Å². The molecule has 0 saturated carbocycles. The van der Waals surface area contributed by atoms with Gasteiger partial charge in [0.25, 0.3) is 0 Å². The molecule has 0 aliphatic carbocycles. The molecule has 0 aromatic carbocycles. The summed E-state index contributed by atoms with van der Waals surface area (Å²) in [5.41, 5.74) is 3.95. The molecule has 1 rings (SSSR count). The summed E-state index contributed by atoms with van der Waals surface area (Å²) in [7, 11) is 1.67. The van der Waals surface area contributed by atoms with Gasteiger partial charge in [-0.1, -0.05) is 0 Å². The second-order valence-electron chi connectivity index (χ2n) is 2.07. The third-order valence-corrected chi connectivity index (χ3v) is 1.19. The van der Waals surface area contributed by atoms with Crippen LogP contribution in [0.3, 0.4) is 0 Å². The first-order valence-electron chi connectivity index (χ1n) is 3.28. The summed E-state index contributed by atoms with van der Waals surface area (Å²) in [4.78, 5) is 0. The SMILES string of the molecule is COCCNN=C1COC1. The summed E-state index contributed by atoms with van der Waals surface area (Å²) in [5.74, 6) is 0. The Kier molecular flexibility index (Phi) is 3.18. The molecule has 0 atom stereocenters. The number of rotatable bonds is 4. The molecule has 1 aliphatic rings. The molecule has 4 nitrogen and oxygen atoms in total. The van der Waals surface area contributed by atoms with Crippen molar-refractivity contribution in [3.63, 3.8) is 0 Å². The van der Waals surface area contributed by atoms with E-state index in [2.05, 4.69) is 10.5 Å². The van der Waals surface area contributed by atoms with Gasteiger partial charge in [0, 0.05) is 7.11 Å². The zero-order valence-corrected chi connectivity index (χ0v) is 6.09. The standard InChI is InChI=1S/C6H12N2O2/c1-9-3-2-7-8-6-4-10-5-6/h7H,2-5H2,1H3. The van der Waals surface area contributed by atoms with E-state index in [1.54, 1.807) is 7.11 Å². The lowest BCUT2D eigenvalue weighted by Crippen LogP contribution is -2.30. The van der Waals surface area contributed by atoms with Crippen molar-refractivity contribution in [1.29, 1.82) is 0 Å². The van der Waals surface area contributed by atoms with Crippen molar-refractivity contribution >= 4 is 5.71 Å². The molecule has 1 N–H and O–H groups in total. The molecule has 1 heterocycles. The largest absolute Gasteiger partial charge is 0.383 e. The van der Waals surface area contributed by atoms with Crippen LogP contribution in [0.4, 0.5) is 0 Å². The number of hydrogen-bond acceptors (Lipinski definition) is 4. The number of ether oxygens (including phenoxy) is 2. The van der Waals surface area contributed by atoms with Gasteiger partial charge in [-0.2, -0.15) is 5.10 Å². The lowest BCUT2D eigenvalue weighted by molar-refractivity contribution is 0.157. The second kappa shape index (κ2) is 4.24. The molecule has 1 fully saturated rings. The Labute approximate surface area is 60.2 Å². The topological polar surface area (TPSA) is 42.8 Å². The van der Waals surface area contributed by atoms with Crippen molar-refractivity contribution in [2.75, 3.05) is 33.5 Å². The van der Waals surface area contributed by atoms with E-state index in [9.17, 15) is 0 Å². The van der Waals surface area contributed by atoms with Gasteiger partial charge in [-0.25, -0.2) is 0 Å². The minimum atomic E-state index is 0.681. The van der Waals surface area contributed by atoms with Gasteiger partial charge >= 0.3 is 0 Å². The summed E-state index contributed by atoms with van der Waals surface area (Å²) < 4.78 is 9.70. The van der Waals surface area contributed by atoms with Crippen molar-refractivity contribution in [3.05, 3.63) is 0 Å². The lowest BCUT2D eigenvalue weighted by Gasteiger charge is -2.15. The molecule has 10 heavy (non-hydrogen) atoms. The molecular weight excluding hydrogens is 132 g/mol. The van der Waals surface area contributed by atoms with E-state index in [0.29, 0.717) is 19.8 Å². The summed E-state index contributed by atoms with van der Waals surface area (Å²) in [6, 6.07) is 0. The molecule has 0 aromatic rings. The van der Waals surface area contributed by atoms with Crippen LogP contribution in [0.5, 0.6) is 0 Å². The fourth-order valence-electron chi connectivity index (χ4n) is 0.573. The van der Waals surface area contributed by atoms with Gasteiger partial charge in [-0.3, -0.25) is 0 Å². The van der Waals surface area contributed by atoms with Gasteiger partial charge in [0.05, 0.1) is 32.1 Å². The van der Waals surface area contributed by atoms with Crippen LogP contribution in [0.2, 0.25) is 0 Å². The highest BCUT2D eigenvalue weighted by Gasteiger charge is 2.09. The Balaban J connectivity index is 1.93. The Morgan fingerprint density at radius 3 is 3.00 bits per heavy atom. The van der Waals surface area contributed by atoms with E-state index in [4.69, 9.17) is 9.47 Å². The number of hydrazone groups is 1. The number of hydrogen-bond donors (Lipinski definition) is 1.